The molecule has 0 saturated carbocycles. The minimum atomic E-state index is -0.753. The highest BCUT2D eigenvalue weighted by atomic mass is 32.2. The number of esters is 1. The first kappa shape index (κ1) is 21.5. The van der Waals surface area contributed by atoms with Crippen LogP contribution in [0.1, 0.15) is 20.9 Å². The summed E-state index contributed by atoms with van der Waals surface area (Å²) in [6, 6.07) is 6.48. The van der Waals surface area contributed by atoms with Gasteiger partial charge in [0, 0.05) is 4.88 Å². The van der Waals surface area contributed by atoms with Gasteiger partial charge in [-0.25, -0.2) is 19.6 Å². The van der Waals surface area contributed by atoms with E-state index < -0.39 is 24.5 Å². The number of rotatable bonds is 7. The molecule has 156 valence electrons. The molecule has 0 aromatic carbocycles. The summed E-state index contributed by atoms with van der Waals surface area (Å²) < 4.78 is 10.3. The fraction of sp³-hybridized carbons (Fsp3) is 0.211. The number of ether oxygens (including phenoxy) is 1. The van der Waals surface area contributed by atoms with Gasteiger partial charge in [-0.15, -0.1) is 23.1 Å². The predicted molar refractivity (Wildman–Crippen MR) is 111 cm³/mol. The number of thioether (sulfide) groups is 1. The van der Waals surface area contributed by atoms with Crippen molar-refractivity contribution in [1.82, 2.24) is 20.6 Å². The highest BCUT2D eigenvalue weighted by Gasteiger charge is 2.22. The molecule has 9 nitrogen and oxygen atoms in total. The zero-order chi connectivity index (χ0) is 21.5. The van der Waals surface area contributed by atoms with E-state index in [4.69, 9.17) is 9.15 Å². The van der Waals surface area contributed by atoms with Gasteiger partial charge in [-0.05, 0) is 36.8 Å². The number of thiophene rings is 1. The van der Waals surface area contributed by atoms with Crippen LogP contribution in [0.3, 0.4) is 0 Å². The van der Waals surface area contributed by atoms with E-state index in [1.54, 1.807) is 25.3 Å². The number of aromatic nitrogens is 2. The van der Waals surface area contributed by atoms with Gasteiger partial charge in [-0.3, -0.25) is 10.1 Å². The van der Waals surface area contributed by atoms with Crippen molar-refractivity contribution < 1.29 is 23.5 Å². The number of nitrogens with zero attached hydrogens (tertiary/aromatic N) is 2. The molecule has 0 fully saturated rings. The van der Waals surface area contributed by atoms with Gasteiger partial charge in [0.2, 0.25) is 0 Å². The van der Waals surface area contributed by atoms with Gasteiger partial charge in [0.05, 0.1) is 18.5 Å². The fourth-order valence-electron chi connectivity index (χ4n) is 2.44. The van der Waals surface area contributed by atoms with Crippen molar-refractivity contribution in [1.29, 1.82) is 0 Å². The van der Waals surface area contributed by atoms with Crippen molar-refractivity contribution in [2.75, 3.05) is 12.9 Å². The first-order valence-electron chi connectivity index (χ1n) is 8.71. The van der Waals surface area contributed by atoms with E-state index in [0.717, 1.165) is 4.88 Å². The predicted octanol–water partition coefficient (Wildman–Crippen LogP) is 3.01. The molecule has 0 radical (unpaired) electrons. The van der Waals surface area contributed by atoms with Crippen LogP contribution in [-0.4, -0.2) is 40.7 Å². The Morgan fingerprint density at radius 3 is 2.73 bits per heavy atom. The second-order valence-electron chi connectivity index (χ2n) is 5.88. The molecule has 3 heterocycles. The van der Waals surface area contributed by atoms with Crippen LogP contribution in [0.4, 0.5) is 4.79 Å². The Morgan fingerprint density at radius 1 is 1.23 bits per heavy atom. The number of furan rings is 1. The lowest BCUT2D eigenvalue weighted by molar-refractivity contribution is -0.123. The molecular formula is C19H18N4O5S2. The molecule has 2 N–H and O–H groups in total. The smallest absolute Gasteiger partial charge is 0.343 e. The lowest BCUT2D eigenvalue weighted by atomic mass is 10.2. The normalized spacial score (nSPS) is 10.5. The zero-order valence-electron chi connectivity index (χ0n) is 16.1. The lowest BCUT2D eigenvalue weighted by Crippen LogP contribution is -2.41. The number of imide groups is 1. The summed E-state index contributed by atoms with van der Waals surface area (Å²) in [5.74, 6) is -0.680. The van der Waals surface area contributed by atoms with Crippen LogP contribution >= 0.6 is 23.1 Å². The average molecular weight is 447 g/mol. The first-order valence-corrected chi connectivity index (χ1v) is 10.8. The Bertz CT molecular complexity index is 1040. The molecule has 0 atom stereocenters. The summed E-state index contributed by atoms with van der Waals surface area (Å²) >= 11 is 2.73. The minimum Gasteiger partial charge on any atom is -0.461 e. The summed E-state index contributed by atoms with van der Waals surface area (Å²) in [4.78, 5) is 45.7. The highest BCUT2D eigenvalue weighted by molar-refractivity contribution is 7.98. The molecule has 0 spiro atoms. The van der Waals surface area contributed by atoms with Gasteiger partial charge < -0.3 is 14.5 Å². The van der Waals surface area contributed by atoms with E-state index in [2.05, 4.69) is 20.6 Å². The maximum Gasteiger partial charge on any atom is 0.343 e. The van der Waals surface area contributed by atoms with Crippen molar-refractivity contribution in [3.8, 4) is 11.6 Å². The molecule has 0 aliphatic carbocycles. The van der Waals surface area contributed by atoms with Gasteiger partial charge in [-0.1, -0.05) is 6.07 Å². The van der Waals surface area contributed by atoms with E-state index in [-0.39, 0.29) is 5.56 Å². The van der Waals surface area contributed by atoms with Crippen LogP contribution < -0.4 is 10.6 Å². The molecule has 3 aromatic heterocycles. The monoisotopic (exact) mass is 446 g/mol. The number of hydrogen-bond donors (Lipinski definition) is 2. The molecule has 3 aromatic rings. The number of carbonyl (C=O) groups is 3. The van der Waals surface area contributed by atoms with Crippen LogP contribution in [-0.2, 0) is 16.1 Å². The molecule has 0 unspecified atom stereocenters. The number of urea groups is 1. The van der Waals surface area contributed by atoms with Gasteiger partial charge in [0.1, 0.15) is 10.6 Å². The minimum absolute atomic E-state index is 0.160. The van der Waals surface area contributed by atoms with Crippen LogP contribution in [0.5, 0.6) is 0 Å². The number of nitrogens with one attached hydrogen (secondary N) is 2. The summed E-state index contributed by atoms with van der Waals surface area (Å²) in [5.41, 5.74) is 0.549. The molecular weight excluding hydrogens is 428 g/mol. The maximum atomic E-state index is 12.5. The second-order valence-corrected chi connectivity index (χ2v) is 7.71. The molecule has 11 heteroatoms. The van der Waals surface area contributed by atoms with Crippen LogP contribution in [0.25, 0.3) is 11.6 Å². The van der Waals surface area contributed by atoms with Crippen LogP contribution in [0, 0.1) is 6.92 Å². The van der Waals surface area contributed by atoms with Crippen molar-refractivity contribution >= 4 is 41.0 Å². The SMILES string of the molecule is CSc1nc(-c2ccco2)nc(C)c1C(=O)OCC(=O)NC(=O)NCc1cccs1. The Hall–Kier alpha value is -3.18. The number of hydrogen-bond acceptors (Lipinski definition) is 9. The third-order valence-electron chi connectivity index (χ3n) is 3.79. The van der Waals surface area contributed by atoms with Crippen LogP contribution in [0.2, 0.25) is 0 Å². The van der Waals surface area contributed by atoms with E-state index in [1.807, 2.05) is 17.5 Å². The molecule has 3 rings (SSSR count). The molecule has 30 heavy (non-hydrogen) atoms. The standard InChI is InChI=1S/C19H18N4O5S2/c1-11-15(17(29-2)23-16(21-11)13-6-3-7-27-13)18(25)28-10-14(24)22-19(26)20-9-12-5-4-8-30-12/h3-8H,9-10H2,1-2H3,(H2,20,22,24,26). The second kappa shape index (κ2) is 10.0. The third kappa shape index (κ3) is 5.45. The molecule has 0 bridgehead atoms. The van der Waals surface area contributed by atoms with Crippen molar-refractivity contribution in [2.45, 2.75) is 18.5 Å². The average Bonchev–Trinajstić information content (AvgIpc) is 3.44. The molecule has 0 saturated heterocycles. The number of aryl methyl sites for hydroxylation is 1. The van der Waals surface area contributed by atoms with Crippen molar-refractivity contribution in [3.63, 3.8) is 0 Å². The molecule has 3 amide bonds. The molecule has 0 aliphatic heterocycles. The fourth-order valence-corrected chi connectivity index (χ4v) is 3.69. The summed E-state index contributed by atoms with van der Waals surface area (Å²) in [7, 11) is 0. The summed E-state index contributed by atoms with van der Waals surface area (Å²) in [6.07, 6.45) is 3.26. The largest absolute Gasteiger partial charge is 0.461 e. The highest BCUT2D eigenvalue weighted by Crippen LogP contribution is 2.25. The topological polar surface area (TPSA) is 123 Å². The van der Waals surface area contributed by atoms with Gasteiger partial charge >= 0.3 is 12.0 Å². The Morgan fingerprint density at radius 2 is 2.07 bits per heavy atom. The Balaban J connectivity index is 1.57. The molecule has 0 aliphatic rings. The van der Waals surface area contributed by atoms with Crippen LogP contribution in [0.15, 0.2) is 45.4 Å². The summed E-state index contributed by atoms with van der Waals surface area (Å²) in [6.45, 7) is 1.33. The van der Waals surface area contributed by atoms with Gasteiger partial charge in [0.25, 0.3) is 5.91 Å². The first-order chi connectivity index (χ1) is 14.5. The lowest BCUT2D eigenvalue weighted by Gasteiger charge is -2.11. The third-order valence-corrected chi connectivity index (χ3v) is 5.34. The summed E-state index contributed by atoms with van der Waals surface area (Å²) in [5, 5.41) is 6.94. The van der Waals surface area contributed by atoms with E-state index >= 15 is 0 Å². The maximum absolute atomic E-state index is 12.5. The van der Waals surface area contributed by atoms with Crippen molar-refractivity contribution in [2.24, 2.45) is 0 Å². The Labute approximate surface area is 180 Å². The number of amides is 3. The quantitative estimate of drug-likeness (QED) is 0.322. The van der Waals surface area contributed by atoms with E-state index in [9.17, 15) is 14.4 Å². The van der Waals surface area contributed by atoms with Crippen molar-refractivity contribution in [3.05, 3.63) is 52.0 Å². The van der Waals surface area contributed by atoms with Gasteiger partial charge in [0.15, 0.2) is 18.2 Å². The van der Waals surface area contributed by atoms with Gasteiger partial charge in [-0.2, -0.15) is 0 Å². The zero-order valence-corrected chi connectivity index (χ0v) is 17.8. The Kier molecular flexibility index (Phi) is 7.20. The van der Waals surface area contributed by atoms with E-state index in [0.29, 0.717) is 28.8 Å². The van der Waals surface area contributed by atoms with E-state index in [1.165, 1.54) is 29.4 Å². The number of carbonyl (C=O) groups excluding carboxylic acids is 3.